The molecule has 92 valence electrons. The third-order valence-electron chi connectivity index (χ3n) is 3.94. The van der Waals surface area contributed by atoms with E-state index in [2.05, 4.69) is 13.0 Å². The second-order valence-corrected chi connectivity index (χ2v) is 6.62. The molecule has 1 aliphatic carbocycles. The van der Waals surface area contributed by atoms with Crippen LogP contribution in [-0.4, -0.2) is 5.11 Å². The van der Waals surface area contributed by atoms with Crippen LogP contribution in [0.15, 0.2) is 12.1 Å². The van der Waals surface area contributed by atoms with Crippen molar-refractivity contribution in [2.75, 3.05) is 0 Å². The summed E-state index contributed by atoms with van der Waals surface area (Å²) >= 11 is 1.60. The van der Waals surface area contributed by atoms with Crippen LogP contribution >= 0.6 is 11.3 Å². The van der Waals surface area contributed by atoms with Gasteiger partial charge in [-0.25, -0.2) is 0 Å². The molecule has 0 bridgehead atoms. The molecule has 3 heteroatoms. The lowest BCUT2D eigenvalue weighted by molar-refractivity contribution is 0.0292. The zero-order chi connectivity index (χ0) is 12.5. The first-order valence-electron chi connectivity index (χ1n) is 6.23. The summed E-state index contributed by atoms with van der Waals surface area (Å²) in [7, 11) is 0. The Morgan fingerprint density at radius 2 is 2.12 bits per heavy atom. The molecule has 0 saturated heterocycles. The molecule has 0 aromatic carbocycles. The van der Waals surface area contributed by atoms with Crippen molar-refractivity contribution in [1.29, 1.82) is 5.26 Å². The number of hydrogen-bond acceptors (Lipinski definition) is 3. The highest BCUT2D eigenvalue weighted by molar-refractivity contribution is 7.12. The predicted molar refractivity (Wildman–Crippen MR) is 69.7 cm³/mol. The zero-order valence-corrected chi connectivity index (χ0v) is 11.3. The normalized spacial score (nSPS) is 30.8. The molecular formula is C14H19NOS. The Bertz CT molecular complexity index is 424. The second kappa shape index (κ2) is 4.80. The minimum absolute atomic E-state index is 0.552. The van der Waals surface area contributed by atoms with E-state index >= 15 is 0 Å². The quantitative estimate of drug-likeness (QED) is 0.866. The lowest BCUT2D eigenvalue weighted by Gasteiger charge is -2.36. The van der Waals surface area contributed by atoms with E-state index in [1.807, 2.05) is 19.1 Å². The van der Waals surface area contributed by atoms with Gasteiger partial charge in [0.25, 0.3) is 0 Å². The van der Waals surface area contributed by atoms with Gasteiger partial charge in [-0.15, -0.1) is 11.3 Å². The lowest BCUT2D eigenvalue weighted by atomic mass is 9.68. The van der Waals surface area contributed by atoms with Crippen LogP contribution in [0.5, 0.6) is 0 Å². The van der Waals surface area contributed by atoms with Gasteiger partial charge < -0.3 is 5.11 Å². The summed E-state index contributed by atoms with van der Waals surface area (Å²) in [6, 6.07) is 6.38. The monoisotopic (exact) mass is 249 g/mol. The number of aliphatic hydroxyl groups excluding tert-OH is 1. The van der Waals surface area contributed by atoms with E-state index in [4.69, 9.17) is 0 Å². The molecule has 0 aliphatic heterocycles. The molecule has 1 atom stereocenters. The van der Waals surface area contributed by atoms with Gasteiger partial charge in [-0.05, 0) is 50.7 Å². The van der Waals surface area contributed by atoms with Crippen molar-refractivity contribution in [3.05, 3.63) is 21.9 Å². The molecule has 1 unspecified atom stereocenters. The smallest absolute Gasteiger partial charge is 0.107 e. The molecule has 0 radical (unpaired) electrons. The Balaban J connectivity index is 2.21. The maximum atomic E-state index is 10.5. The van der Waals surface area contributed by atoms with Gasteiger partial charge in [-0.3, -0.25) is 0 Å². The fourth-order valence-electron chi connectivity index (χ4n) is 2.60. The third-order valence-corrected chi connectivity index (χ3v) is 5.00. The molecule has 2 rings (SSSR count). The summed E-state index contributed by atoms with van der Waals surface area (Å²) in [5, 5.41) is 19.9. The first-order chi connectivity index (χ1) is 8.07. The average molecular weight is 249 g/mol. The van der Waals surface area contributed by atoms with Gasteiger partial charge in [-0.2, -0.15) is 5.26 Å². The Hall–Kier alpha value is -0.850. The maximum Gasteiger partial charge on any atom is 0.107 e. The summed E-state index contributed by atoms with van der Waals surface area (Å²) in [4.78, 5) is 2.13. The first kappa shape index (κ1) is 12.6. The minimum atomic E-state index is -0.612. The maximum absolute atomic E-state index is 10.5. The SMILES string of the molecule is Cc1ccc(C(O)C2(C#N)CCC(C)CC2)s1. The van der Waals surface area contributed by atoms with Gasteiger partial charge in [0.1, 0.15) is 6.10 Å². The Labute approximate surface area is 107 Å². The fraction of sp³-hybridized carbons (Fsp3) is 0.643. The van der Waals surface area contributed by atoms with Gasteiger partial charge in [0, 0.05) is 9.75 Å². The second-order valence-electron chi connectivity index (χ2n) is 5.30. The highest BCUT2D eigenvalue weighted by Crippen LogP contribution is 2.48. The van der Waals surface area contributed by atoms with Crippen LogP contribution in [0.1, 0.15) is 48.5 Å². The van der Waals surface area contributed by atoms with Gasteiger partial charge >= 0.3 is 0 Å². The van der Waals surface area contributed by atoms with Crippen molar-refractivity contribution in [3.8, 4) is 6.07 Å². The summed E-state index contributed by atoms with van der Waals surface area (Å²) < 4.78 is 0. The molecule has 1 N–H and O–H groups in total. The van der Waals surface area contributed by atoms with Crippen molar-refractivity contribution in [2.24, 2.45) is 11.3 Å². The van der Waals surface area contributed by atoms with Gasteiger partial charge in [-0.1, -0.05) is 6.92 Å². The van der Waals surface area contributed by atoms with Crippen molar-refractivity contribution in [1.82, 2.24) is 0 Å². The Morgan fingerprint density at radius 3 is 2.59 bits per heavy atom. The van der Waals surface area contributed by atoms with Crippen LogP contribution in [0.4, 0.5) is 0 Å². The first-order valence-corrected chi connectivity index (χ1v) is 7.05. The lowest BCUT2D eigenvalue weighted by Crippen LogP contribution is -2.31. The molecule has 1 aromatic heterocycles. The largest absolute Gasteiger partial charge is 0.386 e. The van der Waals surface area contributed by atoms with E-state index < -0.39 is 11.5 Å². The number of thiophene rings is 1. The van der Waals surface area contributed by atoms with Crippen LogP contribution in [0.25, 0.3) is 0 Å². The number of nitriles is 1. The van der Waals surface area contributed by atoms with E-state index in [-0.39, 0.29) is 0 Å². The third kappa shape index (κ3) is 2.38. The molecule has 1 fully saturated rings. The summed E-state index contributed by atoms with van der Waals surface area (Å²) in [6.07, 6.45) is 3.13. The summed E-state index contributed by atoms with van der Waals surface area (Å²) in [5.41, 5.74) is -0.552. The van der Waals surface area contributed by atoms with Gasteiger partial charge in [0.05, 0.1) is 11.5 Å². The van der Waals surface area contributed by atoms with E-state index in [1.165, 1.54) is 4.88 Å². The molecule has 1 saturated carbocycles. The topological polar surface area (TPSA) is 44.0 Å². The fourth-order valence-corrected chi connectivity index (χ4v) is 3.58. The molecule has 1 aliphatic rings. The van der Waals surface area contributed by atoms with Crippen molar-refractivity contribution in [3.63, 3.8) is 0 Å². The summed E-state index contributed by atoms with van der Waals surface area (Å²) in [6.45, 7) is 4.26. The number of aryl methyl sites for hydroxylation is 1. The van der Waals surface area contributed by atoms with Crippen molar-refractivity contribution < 1.29 is 5.11 Å². The molecule has 1 aromatic rings. The average Bonchev–Trinajstić information content (AvgIpc) is 2.76. The molecular weight excluding hydrogens is 230 g/mol. The molecule has 0 spiro atoms. The Morgan fingerprint density at radius 1 is 1.47 bits per heavy atom. The highest BCUT2D eigenvalue weighted by Gasteiger charge is 2.42. The standard InChI is InChI=1S/C14H19NOS/c1-10-5-7-14(9-15,8-6-10)13(16)12-4-3-11(2)17-12/h3-4,10,13,16H,5-8H2,1-2H3. The number of aliphatic hydroxyl groups is 1. The minimum Gasteiger partial charge on any atom is -0.386 e. The van der Waals surface area contributed by atoms with Gasteiger partial charge in [0.15, 0.2) is 0 Å². The van der Waals surface area contributed by atoms with Crippen molar-refractivity contribution in [2.45, 2.75) is 45.6 Å². The molecule has 17 heavy (non-hydrogen) atoms. The number of rotatable bonds is 2. The van der Waals surface area contributed by atoms with Crippen LogP contribution in [-0.2, 0) is 0 Å². The molecule has 2 nitrogen and oxygen atoms in total. The number of hydrogen-bond donors (Lipinski definition) is 1. The summed E-state index contributed by atoms with van der Waals surface area (Å²) in [5.74, 6) is 0.689. The van der Waals surface area contributed by atoms with Crippen LogP contribution < -0.4 is 0 Å². The Kier molecular flexibility index (Phi) is 3.56. The predicted octanol–water partition coefficient (Wildman–Crippen LogP) is 3.81. The van der Waals surface area contributed by atoms with E-state index in [1.54, 1.807) is 11.3 Å². The van der Waals surface area contributed by atoms with Crippen LogP contribution in [0, 0.1) is 29.6 Å². The van der Waals surface area contributed by atoms with Crippen LogP contribution in [0.3, 0.4) is 0 Å². The zero-order valence-electron chi connectivity index (χ0n) is 10.4. The highest BCUT2D eigenvalue weighted by atomic mass is 32.1. The van der Waals surface area contributed by atoms with E-state index in [0.29, 0.717) is 5.92 Å². The molecule has 0 amide bonds. The molecule has 1 heterocycles. The van der Waals surface area contributed by atoms with E-state index in [9.17, 15) is 10.4 Å². The van der Waals surface area contributed by atoms with Crippen molar-refractivity contribution >= 4 is 11.3 Å². The van der Waals surface area contributed by atoms with Gasteiger partial charge in [0.2, 0.25) is 0 Å². The number of nitrogens with zero attached hydrogens (tertiary/aromatic N) is 1. The van der Waals surface area contributed by atoms with Crippen LogP contribution in [0.2, 0.25) is 0 Å². The van der Waals surface area contributed by atoms with E-state index in [0.717, 1.165) is 30.6 Å².